The molecule has 0 amide bonds. The van der Waals surface area contributed by atoms with Crippen LogP contribution in [-0.4, -0.2) is 16.0 Å². The van der Waals surface area contributed by atoms with Crippen molar-refractivity contribution < 1.29 is 8.78 Å². The Labute approximate surface area is 103 Å². The molecular formula is C13H11F2N3. The van der Waals surface area contributed by atoms with Crippen molar-refractivity contribution in [2.45, 2.75) is 18.5 Å². The van der Waals surface area contributed by atoms with Gasteiger partial charge in [-0.1, -0.05) is 12.1 Å². The van der Waals surface area contributed by atoms with E-state index >= 15 is 0 Å². The highest BCUT2D eigenvalue weighted by molar-refractivity contribution is 5.45. The van der Waals surface area contributed by atoms with Crippen molar-refractivity contribution in [3.8, 4) is 0 Å². The second kappa shape index (κ2) is 3.81. The van der Waals surface area contributed by atoms with Crippen LogP contribution in [0.3, 0.4) is 0 Å². The zero-order valence-electron chi connectivity index (χ0n) is 9.69. The third-order valence-corrected chi connectivity index (χ3v) is 3.38. The second-order valence-corrected chi connectivity index (χ2v) is 4.41. The highest BCUT2D eigenvalue weighted by Crippen LogP contribution is 2.43. The molecule has 3 heterocycles. The van der Waals surface area contributed by atoms with E-state index in [0.717, 1.165) is 11.1 Å². The minimum Gasteiger partial charge on any atom is -0.297 e. The van der Waals surface area contributed by atoms with Gasteiger partial charge in [-0.2, -0.15) is 8.78 Å². The third-order valence-electron chi connectivity index (χ3n) is 3.38. The van der Waals surface area contributed by atoms with E-state index in [-0.39, 0.29) is 6.04 Å². The van der Waals surface area contributed by atoms with Crippen molar-refractivity contribution in [2.75, 3.05) is 0 Å². The lowest BCUT2D eigenvalue weighted by molar-refractivity contribution is 0.576. The molecule has 0 aromatic carbocycles. The number of halogens is 2. The Morgan fingerprint density at radius 1 is 1.00 bits per heavy atom. The number of rotatable bonds is 2. The van der Waals surface area contributed by atoms with Gasteiger partial charge in [0.05, 0.1) is 5.54 Å². The maximum atomic E-state index is 12.9. The molecule has 1 aliphatic rings. The highest BCUT2D eigenvalue weighted by Gasteiger charge is 2.53. The van der Waals surface area contributed by atoms with E-state index in [1.54, 1.807) is 12.1 Å². The summed E-state index contributed by atoms with van der Waals surface area (Å²) >= 11 is 0. The van der Waals surface area contributed by atoms with Gasteiger partial charge in [-0.15, -0.1) is 0 Å². The summed E-state index contributed by atoms with van der Waals surface area (Å²) in [5, 5.41) is 3.29. The van der Waals surface area contributed by atoms with E-state index in [9.17, 15) is 8.78 Å². The van der Waals surface area contributed by atoms with Gasteiger partial charge >= 0.3 is 0 Å². The molecule has 0 saturated carbocycles. The zero-order valence-corrected chi connectivity index (χ0v) is 9.69. The summed E-state index contributed by atoms with van der Waals surface area (Å²) in [6, 6.07) is 6.18. The smallest absolute Gasteiger partial charge is 0.212 e. The van der Waals surface area contributed by atoms with Crippen molar-refractivity contribution >= 4 is 0 Å². The van der Waals surface area contributed by atoms with E-state index < -0.39 is 17.4 Å². The summed E-state index contributed by atoms with van der Waals surface area (Å²) in [5.74, 6) is -1.03. The van der Waals surface area contributed by atoms with Gasteiger partial charge in [0, 0.05) is 18.4 Å². The Balaban J connectivity index is 2.06. The van der Waals surface area contributed by atoms with Crippen LogP contribution in [0.15, 0.2) is 36.7 Å². The molecule has 1 aliphatic heterocycles. The standard InChI is InChI=1S/C13H11F2N3/c1-8-13(18-8,9-2-4-11(14)16-6-9)10-3-5-12(15)17-7-10/h2-8,18H,1H3/t8-/m0/s1. The maximum Gasteiger partial charge on any atom is 0.212 e. The molecule has 3 nitrogen and oxygen atoms in total. The molecule has 1 atom stereocenters. The number of nitrogens with zero attached hydrogens (tertiary/aromatic N) is 2. The minimum atomic E-state index is -0.514. The molecule has 2 aromatic heterocycles. The normalized spacial score (nSPS) is 20.7. The second-order valence-electron chi connectivity index (χ2n) is 4.41. The number of aromatic nitrogens is 2. The summed E-state index contributed by atoms with van der Waals surface area (Å²) in [6.45, 7) is 2.01. The predicted octanol–water partition coefficient (Wildman–Crippen LogP) is 1.99. The summed E-state index contributed by atoms with van der Waals surface area (Å²) in [4.78, 5) is 7.32. The SMILES string of the molecule is C[C@@H]1NC1(c1ccc(F)nc1)c1ccc(F)nc1. The van der Waals surface area contributed by atoms with Crippen molar-refractivity contribution in [1.82, 2.24) is 15.3 Å². The van der Waals surface area contributed by atoms with Gasteiger partial charge in [-0.25, -0.2) is 9.97 Å². The Kier molecular flexibility index (Phi) is 2.38. The van der Waals surface area contributed by atoms with Gasteiger partial charge in [-0.05, 0) is 30.2 Å². The average molecular weight is 247 g/mol. The molecule has 2 aromatic rings. The van der Waals surface area contributed by atoms with Gasteiger partial charge in [0.15, 0.2) is 0 Å². The fraction of sp³-hybridized carbons (Fsp3) is 0.231. The summed E-state index contributed by atoms with van der Waals surface area (Å²) < 4.78 is 25.7. The van der Waals surface area contributed by atoms with E-state index in [1.807, 2.05) is 6.92 Å². The first kappa shape index (κ1) is 11.2. The van der Waals surface area contributed by atoms with Crippen LogP contribution in [-0.2, 0) is 5.54 Å². The van der Waals surface area contributed by atoms with Gasteiger partial charge in [0.1, 0.15) is 0 Å². The van der Waals surface area contributed by atoms with E-state index in [1.165, 1.54) is 24.5 Å². The molecule has 5 heteroatoms. The van der Waals surface area contributed by atoms with Gasteiger partial charge in [0.25, 0.3) is 0 Å². The fourth-order valence-corrected chi connectivity index (χ4v) is 2.35. The van der Waals surface area contributed by atoms with Crippen LogP contribution in [0.5, 0.6) is 0 Å². The summed E-state index contributed by atoms with van der Waals surface area (Å²) in [6.07, 6.45) is 2.99. The Morgan fingerprint density at radius 3 is 1.72 bits per heavy atom. The maximum absolute atomic E-state index is 12.9. The Morgan fingerprint density at radius 2 is 1.44 bits per heavy atom. The molecule has 1 fully saturated rings. The number of nitrogens with one attached hydrogen (secondary N) is 1. The topological polar surface area (TPSA) is 47.7 Å². The lowest BCUT2D eigenvalue weighted by Crippen LogP contribution is -2.17. The molecule has 0 aliphatic carbocycles. The lowest BCUT2D eigenvalue weighted by atomic mass is 9.90. The molecule has 1 saturated heterocycles. The van der Waals surface area contributed by atoms with Crippen LogP contribution in [0.1, 0.15) is 18.1 Å². The van der Waals surface area contributed by atoms with E-state index in [2.05, 4.69) is 15.3 Å². The first-order valence-corrected chi connectivity index (χ1v) is 5.64. The van der Waals surface area contributed by atoms with Crippen LogP contribution < -0.4 is 5.32 Å². The monoisotopic (exact) mass is 247 g/mol. The molecule has 0 radical (unpaired) electrons. The molecule has 0 spiro atoms. The number of hydrogen-bond acceptors (Lipinski definition) is 3. The minimum absolute atomic E-state index is 0.178. The molecule has 18 heavy (non-hydrogen) atoms. The van der Waals surface area contributed by atoms with Gasteiger partial charge in [-0.3, -0.25) is 5.32 Å². The number of hydrogen-bond donors (Lipinski definition) is 1. The van der Waals surface area contributed by atoms with Crippen LogP contribution in [0.25, 0.3) is 0 Å². The Bertz CT molecular complexity index is 520. The molecular weight excluding hydrogens is 236 g/mol. The molecule has 3 rings (SSSR count). The van der Waals surface area contributed by atoms with Crippen molar-refractivity contribution in [3.63, 3.8) is 0 Å². The number of pyridine rings is 2. The Hall–Kier alpha value is -1.88. The van der Waals surface area contributed by atoms with E-state index in [4.69, 9.17) is 0 Å². The molecule has 0 bridgehead atoms. The molecule has 0 unspecified atom stereocenters. The first-order valence-electron chi connectivity index (χ1n) is 5.64. The van der Waals surface area contributed by atoms with E-state index in [0.29, 0.717) is 0 Å². The van der Waals surface area contributed by atoms with Crippen LogP contribution in [0, 0.1) is 11.9 Å². The summed E-state index contributed by atoms with van der Waals surface area (Å²) in [5.41, 5.74) is 1.27. The van der Waals surface area contributed by atoms with Gasteiger partial charge in [0.2, 0.25) is 11.9 Å². The molecule has 92 valence electrons. The zero-order chi connectivity index (χ0) is 12.8. The fourth-order valence-electron chi connectivity index (χ4n) is 2.35. The molecule has 1 N–H and O–H groups in total. The van der Waals surface area contributed by atoms with Crippen LogP contribution in [0.4, 0.5) is 8.78 Å². The van der Waals surface area contributed by atoms with Crippen LogP contribution >= 0.6 is 0 Å². The largest absolute Gasteiger partial charge is 0.297 e. The van der Waals surface area contributed by atoms with Crippen LogP contribution in [0.2, 0.25) is 0 Å². The van der Waals surface area contributed by atoms with Crippen molar-refractivity contribution in [2.24, 2.45) is 0 Å². The highest BCUT2D eigenvalue weighted by atomic mass is 19.1. The summed E-state index contributed by atoms with van der Waals surface area (Å²) in [7, 11) is 0. The average Bonchev–Trinajstić information content (AvgIpc) is 3.04. The first-order chi connectivity index (χ1) is 8.63. The van der Waals surface area contributed by atoms with Crippen molar-refractivity contribution in [3.05, 3.63) is 59.7 Å². The van der Waals surface area contributed by atoms with Crippen molar-refractivity contribution in [1.29, 1.82) is 0 Å². The van der Waals surface area contributed by atoms with Gasteiger partial charge < -0.3 is 0 Å². The predicted molar refractivity (Wildman–Crippen MR) is 61.8 cm³/mol. The third kappa shape index (κ3) is 1.59. The lowest BCUT2D eigenvalue weighted by Gasteiger charge is -2.14. The quantitative estimate of drug-likeness (QED) is 0.652.